The Morgan fingerprint density at radius 3 is 2.65 bits per heavy atom. The minimum atomic E-state index is -0.732. The van der Waals surface area contributed by atoms with E-state index < -0.39 is 11.6 Å². The van der Waals surface area contributed by atoms with Crippen LogP contribution in [0.3, 0.4) is 0 Å². The molecular weight excluding hydrogens is 302 g/mol. The monoisotopic (exact) mass is 320 g/mol. The van der Waals surface area contributed by atoms with E-state index in [1.54, 1.807) is 4.90 Å². The number of carbonyl (C=O) groups excluding carboxylic acids is 1. The van der Waals surface area contributed by atoms with Crippen molar-refractivity contribution in [3.05, 3.63) is 41.6 Å². The molecule has 1 aliphatic heterocycles. The maximum atomic E-state index is 14.0. The van der Waals surface area contributed by atoms with Gasteiger partial charge in [-0.3, -0.25) is 9.89 Å². The molecule has 0 saturated carbocycles. The number of carbonyl (C=O) groups is 1. The number of rotatable bonds is 2. The highest BCUT2D eigenvalue weighted by Crippen LogP contribution is 2.28. The number of hydrogen-bond donors (Lipinski definition) is 2. The van der Waals surface area contributed by atoms with E-state index in [0.29, 0.717) is 19.6 Å². The Hall–Kier alpha value is -2.28. The molecule has 3 rings (SSSR count). The summed E-state index contributed by atoms with van der Waals surface area (Å²) in [6.45, 7) is 5.71. The van der Waals surface area contributed by atoms with Gasteiger partial charge in [0.15, 0.2) is 0 Å². The molecule has 7 heteroatoms. The summed E-state index contributed by atoms with van der Waals surface area (Å²) in [4.78, 5) is 14.4. The first-order valence-electron chi connectivity index (χ1n) is 7.41. The third-order valence-electron chi connectivity index (χ3n) is 3.94. The fourth-order valence-electron chi connectivity index (χ4n) is 2.86. The second-order valence-electron chi connectivity index (χ2n) is 6.29. The molecule has 1 amide bonds. The van der Waals surface area contributed by atoms with E-state index in [4.69, 9.17) is 0 Å². The fraction of sp³-hybridized carbons (Fsp3) is 0.375. The second kappa shape index (κ2) is 5.73. The molecule has 1 saturated heterocycles. The Kier molecular flexibility index (Phi) is 3.89. The zero-order valence-corrected chi connectivity index (χ0v) is 13.0. The van der Waals surface area contributed by atoms with Crippen LogP contribution in [-0.4, -0.2) is 46.2 Å². The van der Waals surface area contributed by atoms with E-state index in [1.807, 2.05) is 13.8 Å². The molecule has 0 atom stereocenters. The van der Waals surface area contributed by atoms with Gasteiger partial charge < -0.3 is 10.2 Å². The first-order valence-corrected chi connectivity index (χ1v) is 7.41. The van der Waals surface area contributed by atoms with Crippen LogP contribution in [0, 0.1) is 11.6 Å². The fourth-order valence-corrected chi connectivity index (χ4v) is 2.86. The Bertz CT molecular complexity index is 721. The minimum absolute atomic E-state index is 0.0712. The van der Waals surface area contributed by atoms with Crippen LogP contribution in [0.2, 0.25) is 0 Å². The maximum Gasteiger partial charge on any atom is 0.257 e. The lowest BCUT2D eigenvalue weighted by Crippen LogP contribution is -2.58. The van der Waals surface area contributed by atoms with Gasteiger partial charge in [0.25, 0.3) is 5.91 Å². The van der Waals surface area contributed by atoms with Crippen LogP contribution in [0.25, 0.3) is 11.3 Å². The number of aromatic amines is 1. The van der Waals surface area contributed by atoms with Gasteiger partial charge in [0.2, 0.25) is 0 Å². The zero-order chi connectivity index (χ0) is 16.6. The summed E-state index contributed by atoms with van der Waals surface area (Å²) in [5.41, 5.74) is -0.225. The molecule has 2 N–H and O–H groups in total. The van der Waals surface area contributed by atoms with Crippen LogP contribution >= 0.6 is 0 Å². The largest absolute Gasteiger partial charge is 0.335 e. The molecule has 1 fully saturated rings. The SMILES string of the molecule is CC1(C)CN(C(=O)c2cn[nH]c2-c2c(F)cccc2F)CCN1. The molecule has 5 nitrogen and oxygen atoms in total. The van der Waals surface area contributed by atoms with Gasteiger partial charge >= 0.3 is 0 Å². The van der Waals surface area contributed by atoms with Crippen molar-refractivity contribution < 1.29 is 13.6 Å². The molecule has 0 radical (unpaired) electrons. The first kappa shape index (κ1) is 15.6. The lowest BCUT2D eigenvalue weighted by atomic mass is 10.0. The molecule has 2 aromatic rings. The second-order valence-corrected chi connectivity index (χ2v) is 6.29. The molecule has 122 valence electrons. The lowest BCUT2D eigenvalue weighted by molar-refractivity contribution is 0.0653. The molecule has 0 bridgehead atoms. The Morgan fingerprint density at radius 2 is 2.00 bits per heavy atom. The van der Waals surface area contributed by atoms with Crippen LogP contribution < -0.4 is 5.32 Å². The van der Waals surface area contributed by atoms with Crippen molar-refractivity contribution in [2.45, 2.75) is 19.4 Å². The van der Waals surface area contributed by atoms with Gasteiger partial charge in [-0.15, -0.1) is 0 Å². The molecule has 1 aromatic carbocycles. The molecule has 1 aliphatic rings. The van der Waals surface area contributed by atoms with Crippen molar-refractivity contribution in [2.75, 3.05) is 19.6 Å². The Labute approximate surface area is 132 Å². The summed E-state index contributed by atoms with van der Waals surface area (Å²) in [6.07, 6.45) is 1.32. The highest BCUT2D eigenvalue weighted by Gasteiger charge is 2.31. The van der Waals surface area contributed by atoms with Gasteiger partial charge in [0, 0.05) is 25.2 Å². The summed E-state index contributed by atoms with van der Waals surface area (Å²) in [5.74, 6) is -1.75. The number of amides is 1. The summed E-state index contributed by atoms with van der Waals surface area (Å²) in [7, 11) is 0. The van der Waals surface area contributed by atoms with E-state index in [2.05, 4.69) is 15.5 Å². The van der Waals surface area contributed by atoms with Crippen molar-refractivity contribution >= 4 is 5.91 Å². The highest BCUT2D eigenvalue weighted by molar-refractivity contribution is 6.00. The van der Waals surface area contributed by atoms with Crippen molar-refractivity contribution in [3.63, 3.8) is 0 Å². The molecule has 1 aromatic heterocycles. The maximum absolute atomic E-state index is 14.0. The van der Waals surface area contributed by atoms with Crippen molar-refractivity contribution in [1.82, 2.24) is 20.4 Å². The van der Waals surface area contributed by atoms with Gasteiger partial charge in [-0.1, -0.05) is 6.07 Å². The average Bonchev–Trinajstić information content (AvgIpc) is 2.94. The van der Waals surface area contributed by atoms with Gasteiger partial charge in [0.05, 0.1) is 23.0 Å². The van der Waals surface area contributed by atoms with Gasteiger partial charge in [-0.2, -0.15) is 5.10 Å². The Balaban J connectivity index is 1.97. The summed E-state index contributed by atoms with van der Waals surface area (Å²) < 4.78 is 28.0. The first-order chi connectivity index (χ1) is 10.9. The smallest absolute Gasteiger partial charge is 0.257 e. The highest BCUT2D eigenvalue weighted by atomic mass is 19.1. The van der Waals surface area contributed by atoms with E-state index >= 15 is 0 Å². The number of hydrogen-bond acceptors (Lipinski definition) is 3. The van der Waals surface area contributed by atoms with E-state index in [9.17, 15) is 13.6 Å². The number of halogens is 2. The predicted molar refractivity (Wildman–Crippen MR) is 81.9 cm³/mol. The number of H-pyrrole nitrogens is 1. The van der Waals surface area contributed by atoms with Crippen LogP contribution in [-0.2, 0) is 0 Å². The molecule has 0 unspecified atom stereocenters. The van der Waals surface area contributed by atoms with Crippen molar-refractivity contribution in [3.8, 4) is 11.3 Å². The average molecular weight is 320 g/mol. The molecular formula is C16H18F2N4O. The van der Waals surface area contributed by atoms with Gasteiger partial charge in [0.1, 0.15) is 11.6 Å². The van der Waals surface area contributed by atoms with Crippen LogP contribution in [0.15, 0.2) is 24.4 Å². The summed E-state index contributed by atoms with van der Waals surface area (Å²) >= 11 is 0. The summed E-state index contributed by atoms with van der Waals surface area (Å²) in [5, 5.41) is 9.68. The van der Waals surface area contributed by atoms with Crippen LogP contribution in [0.1, 0.15) is 24.2 Å². The molecule has 2 heterocycles. The third kappa shape index (κ3) is 2.96. The molecule has 0 spiro atoms. The number of benzene rings is 1. The van der Waals surface area contributed by atoms with E-state index in [0.717, 1.165) is 12.1 Å². The van der Waals surface area contributed by atoms with E-state index in [-0.39, 0.29) is 28.3 Å². The number of nitrogens with one attached hydrogen (secondary N) is 2. The van der Waals surface area contributed by atoms with Gasteiger partial charge in [-0.25, -0.2) is 8.78 Å². The van der Waals surface area contributed by atoms with Crippen molar-refractivity contribution in [1.29, 1.82) is 0 Å². The molecule has 23 heavy (non-hydrogen) atoms. The van der Waals surface area contributed by atoms with Crippen LogP contribution in [0.4, 0.5) is 8.78 Å². The van der Waals surface area contributed by atoms with E-state index in [1.165, 1.54) is 12.3 Å². The van der Waals surface area contributed by atoms with Crippen LogP contribution in [0.5, 0.6) is 0 Å². The Morgan fingerprint density at radius 1 is 1.30 bits per heavy atom. The standard InChI is InChI=1S/C16H18F2N4O/c1-16(2)9-22(7-6-19-16)15(23)10-8-20-21-14(10)13-11(17)4-3-5-12(13)18/h3-5,8,19H,6-7,9H2,1-2H3,(H,20,21). The van der Waals surface area contributed by atoms with Gasteiger partial charge in [-0.05, 0) is 26.0 Å². The normalized spacial score (nSPS) is 17.3. The summed E-state index contributed by atoms with van der Waals surface area (Å²) in [6, 6.07) is 3.59. The predicted octanol–water partition coefficient (Wildman–Crippen LogP) is 2.18. The number of piperazine rings is 1. The molecule has 0 aliphatic carbocycles. The zero-order valence-electron chi connectivity index (χ0n) is 13.0. The quantitative estimate of drug-likeness (QED) is 0.891. The minimum Gasteiger partial charge on any atom is -0.335 e. The lowest BCUT2D eigenvalue weighted by Gasteiger charge is -2.39. The number of aromatic nitrogens is 2. The third-order valence-corrected chi connectivity index (χ3v) is 3.94. The topological polar surface area (TPSA) is 61.0 Å². The number of nitrogens with zero attached hydrogens (tertiary/aromatic N) is 2. The van der Waals surface area contributed by atoms with Crippen molar-refractivity contribution in [2.24, 2.45) is 0 Å².